The minimum atomic E-state index is -2.24. The Labute approximate surface area is 125 Å². The highest BCUT2D eigenvalue weighted by atomic mass is 19.1. The Morgan fingerprint density at radius 2 is 2.23 bits per heavy atom. The lowest BCUT2D eigenvalue weighted by Gasteiger charge is -2.38. The fraction of sp³-hybridized carbons (Fsp3) is 0.538. The number of anilines is 1. The van der Waals surface area contributed by atoms with Crippen LogP contribution in [0.4, 0.5) is 10.2 Å². The zero-order chi connectivity index (χ0) is 16.1. The molecule has 120 valence electrons. The summed E-state index contributed by atoms with van der Waals surface area (Å²) in [7, 11) is 0. The third kappa shape index (κ3) is 1.70. The standard InChI is InChI=1S/C13H17FN4O4/c1-12(13(21,5-14)9(20)8(4-19)22-12)18-3-2-7-10(15)16-6-17-11(7)18/h2-3,6,8-9,19-21H,4-5H2,1H3,(H2,15,16,17)/t8-,9-,12-,13-/m1/s1. The van der Waals surface area contributed by atoms with Crippen LogP contribution in [0.1, 0.15) is 6.92 Å². The van der Waals surface area contributed by atoms with E-state index in [0.717, 1.165) is 0 Å². The molecule has 4 atom stereocenters. The maximum Gasteiger partial charge on any atom is 0.178 e. The largest absolute Gasteiger partial charge is 0.394 e. The van der Waals surface area contributed by atoms with Crippen LogP contribution in [-0.4, -0.2) is 60.9 Å². The van der Waals surface area contributed by atoms with Crippen molar-refractivity contribution in [2.45, 2.75) is 30.5 Å². The van der Waals surface area contributed by atoms with E-state index in [9.17, 15) is 19.7 Å². The fourth-order valence-corrected chi connectivity index (χ4v) is 2.96. The van der Waals surface area contributed by atoms with E-state index in [-0.39, 0.29) is 5.82 Å². The molecular formula is C13H17FN4O4. The number of hydrogen-bond donors (Lipinski definition) is 4. The molecule has 0 bridgehead atoms. The van der Waals surface area contributed by atoms with Crippen LogP contribution >= 0.6 is 0 Å². The summed E-state index contributed by atoms with van der Waals surface area (Å²) in [6.45, 7) is -0.403. The molecule has 8 nitrogen and oxygen atoms in total. The van der Waals surface area contributed by atoms with Gasteiger partial charge in [-0.2, -0.15) is 0 Å². The Hall–Kier alpha value is -1.81. The van der Waals surface area contributed by atoms with Crippen molar-refractivity contribution in [3.63, 3.8) is 0 Å². The molecule has 0 aliphatic carbocycles. The highest BCUT2D eigenvalue weighted by Crippen LogP contribution is 2.45. The lowest BCUT2D eigenvalue weighted by atomic mass is 9.88. The number of nitrogen functional groups attached to an aromatic ring is 1. The average molecular weight is 312 g/mol. The van der Waals surface area contributed by atoms with E-state index in [1.54, 1.807) is 6.07 Å². The van der Waals surface area contributed by atoms with Crippen LogP contribution in [0.15, 0.2) is 18.6 Å². The summed E-state index contributed by atoms with van der Waals surface area (Å²) in [6.07, 6.45) is 0.0375. The highest BCUT2D eigenvalue weighted by Gasteiger charge is 2.64. The predicted molar refractivity (Wildman–Crippen MR) is 74.5 cm³/mol. The summed E-state index contributed by atoms with van der Waals surface area (Å²) in [4.78, 5) is 7.94. The van der Waals surface area contributed by atoms with Gasteiger partial charge in [-0.3, -0.25) is 0 Å². The van der Waals surface area contributed by atoms with Gasteiger partial charge in [-0.1, -0.05) is 0 Å². The van der Waals surface area contributed by atoms with E-state index in [0.29, 0.717) is 11.0 Å². The molecule has 0 amide bonds. The van der Waals surface area contributed by atoms with Crippen LogP contribution in [0.25, 0.3) is 11.0 Å². The Balaban J connectivity index is 2.21. The smallest absolute Gasteiger partial charge is 0.178 e. The summed E-state index contributed by atoms with van der Waals surface area (Å²) in [5.74, 6) is 0.230. The van der Waals surface area contributed by atoms with Crippen molar-refractivity contribution in [1.82, 2.24) is 14.5 Å². The highest BCUT2D eigenvalue weighted by molar-refractivity contribution is 5.86. The molecule has 0 spiro atoms. The topological polar surface area (TPSA) is 127 Å². The average Bonchev–Trinajstić information content (AvgIpc) is 3.03. The molecule has 3 heterocycles. The van der Waals surface area contributed by atoms with Crippen molar-refractivity contribution in [1.29, 1.82) is 0 Å². The number of fused-ring (bicyclic) bond motifs is 1. The van der Waals surface area contributed by atoms with Crippen molar-refractivity contribution < 1.29 is 24.4 Å². The first kappa shape index (κ1) is 15.1. The zero-order valence-corrected chi connectivity index (χ0v) is 11.8. The molecule has 0 radical (unpaired) electrons. The SMILES string of the molecule is C[C@@]1(n2ccc3c(N)ncnc32)O[C@H](CO)[C@@H](O)[C@]1(O)CF. The van der Waals surface area contributed by atoms with Crippen molar-refractivity contribution in [3.8, 4) is 0 Å². The van der Waals surface area contributed by atoms with Gasteiger partial charge in [-0.15, -0.1) is 0 Å². The number of halogens is 1. The molecule has 2 aromatic rings. The van der Waals surface area contributed by atoms with Crippen molar-refractivity contribution >= 4 is 16.9 Å². The normalized spacial score (nSPS) is 35.3. The molecule has 1 aliphatic rings. The van der Waals surface area contributed by atoms with Crippen LogP contribution in [-0.2, 0) is 10.5 Å². The van der Waals surface area contributed by atoms with Crippen LogP contribution in [0.5, 0.6) is 0 Å². The number of nitrogens with zero attached hydrogens (tertiary/aromatic N) is 3. The van der Waals surface area contributed by atoms with Crippen LogP contribution in [0, 0.1) is 0 Å². The molecule has 0 aromatic carbocycles. The van der Waals surface area contributed by atoms with Gasteiger partial charge in [0.2, 0.25) is 0 Å². The molecule has 0 unspecified atom stereocenters. The van der Waals surface area contributed by atoms with Gasteiger partial charge >= 0.3 is 0 Å². The molecule has 22 heavy (non-hydrogen) atoms. The van der Waals surface area contributed by atoms with Gasteiger partial charge in [0, 0.05) is 6.20 Å². The van der Waals surface area contributed by atoms with Crippen molar-refractivity contribution in [2.75, 3.05) is 19.0 Å². The van der Waals surface area contributed by atoms with Gasteiger partial charge in [0.05, 0.1) is 12.0 Å². The maximum atomic E-state index is 13.6. The molecule has 3 rings (SSSR count). The van der Waals surface area contributed by atoms with E-state index >= 15 is 0 Å². The first-order valence-electron chi connectivity index (χ1n) is 6.72. The van der Waals surface area contributed by atoms with Crippen molar-refractivity contribution in [3.05, 3.63) is 18.6 Å². The monoisotopic (exact) mass is 312 g/mol. The maximum absolute atomic E-state index is 13.6. The number of aromatic nitrogens is 3. The van der Waals surface area contributed by atoms with E-state index in [1.807, 2.05) is 0 Å². The number of nitrogens with two attached hydrogens (primary N) is 1. The lowest BCUT2D eigenvalue weighted by Crippen LogP contribution is -2.57. The Morgan fingerprint density at radius 1 is 1.50 bits per heavy atom. The number of alkyl halides is 1. The van der Waals surface area contributed by atoms with Crippen LogP contribution < -0.4 is 5.73 Å². The Kier molecular flexibility index (Phi) is 3.33. The number of aliphatic hydroxyl groups excluding tert-OH is 2. The number of aliphatic hydroxyl groups is 3. The third-order valence-corrected chi connectivity index (χ3v) is 4.38. The Morgan fingerprint density at radius 3 is 2.86 bits per heavy atom. The van der Waals surface area contributed by atoms with Gasteiger partial charge in [0.25, 0.3) is 0 Å². The summed E-state index contributed by atoms with van der Waals surface area (Å²) in [6, 6.07) is 1.61. The molecule has 0 saturated carbocycles. The quantitative estimate of drug-likeness (QED) is 0.581. The van der Waals surface area contributed by atoms with E-state index in [4.69, 9.17) is 10.5 Å². The van der Waals surface area contributed by atoms with Crippen LogP contribution in [0.2, 0.25) is 0 Å². The minimum Gasteiger partial charge on any atom is -0.394 e. The predicted octanol–water partition coefficient (Wildman–Crippen LogP) is -0.861. The zero-order valence-electron chi connectivity index (χ0n) is 11.8. The minimum absolute atomic E-state index is 0.230. The fourth-order valence-electron chi connectivity index (χ4n) is 2.96. The summed E-state index contributed by atoms with van der Waals surface area (Å²) < 4.78 is 20.5. The molecule has 1 fully saturated rings. The molecule has 1 aliphatic heterocycles. The second-order valence-electron chi connectivity index (χ2n) is 5.51. The number of ether oxygens (including phenoxy) is 1. The molecule has 9 heteroatoms. The van der Waals surface area contributed by atoms with Crippen LogP contribution in [0.3, 0.4) is 0 Å². The van der Waals surface area contributed by atoms with Gasteiger partial charge < -0.3 is 30.4 Å². The van der Waals surface area contributed by atoms with Gasteiger partial charge in [-0.05, 0) is 13.0 Å². The lowest BCUT2D eigenvalue weighted by molar-refractivity contribution is -0.188. The molecule has 1 saturated heterocycles. The van der Waals surface area contributed by atoms with E-state index < -0.39 is 36.8 Å². The van der Waals surface area contributed by atoms with Gasteiger partial charge in [0.1, 0.15) is 36.7 Å². The molecule has 5 N–H and O–H groups in total. The number of hydrogen-bond acceptors (Lipinski definition) is 7. The van der Waals surface area contributed by atoms with Gasteiger partial charge in [-0.25, -0.2) is 14.4 Å². The number of rotatable bonds is 3. The summed E-state index contributed by atoms with van der Waals surface area (Å²) in [5.41, 5.74) is 2.17. The first-order valence-corrected chi connectivity index (χ1v) is 6.72. The van der Waals surface area contributed by atoms with Gasteiger partial charge in [0.15, 0.2) is 11.3 Å². The summed E-state index contributed by atoms with van der Waals surface area (Å²) >= 11 is 0. The Bertz CT molecular complexity index is 710. The van der Waals surface area contributed by atoms with E-state index in [1.165, 1.54) is 24.0 Å². The molecular weight excluding hydrogens is 295 g/mol. The molecule has 2 aromatic heterocycles. The first-order chi connectivity index (χ1) is 10.4. The summed E-state index contributed by atoms with van der Waals surface area (Å²) in [5, 5.41) is 30.5. The van der Waals surface area contributed by atoms with E-state index in [2.05, 4.69) is 9.97 Å². The third-order valence-electron chi connectivity index (χ3n) is 4.38. The second kappa shape index (κ2) is 4.85. The second-order valence-corrected chi connectivity index (χ2v) is 5.51. The van der Waals surface area contributed by atoms with Crippen molar-refractivity contribution in [2.24, 2.45) is 0 Å².